The van der Waals surface area contributed by atoms with E-state index in [2.05, 4.69) is 11.3 Å². The number of esters is 1. The lowest BCUT2D eigenvalue weighted by Crippen LogP contribution is -2.34. The minimum atomic E-state index is -3.77. The number of fused-ring (bicyclic) bond motifs is 1. The maximum atomic E-state index is 12.7. The highest BCUT2D eigenvalue weighted by Gasteiger charge is 2.30. The van der Waals surface area contributed by atoms with Gasteiger partial charge in [-0.25, -0.2) is 4.79 Å². The van der Waals surface area contributed by atoms with Gasteiger partial charge in [-0.15, -0.1) is 4.40 Å². The number of methoxy groups -OCH3 is 2. The lowest BCUT2D eigenvalue weighted by molar-refractivity contribution is 0.0600. The summed E-state index contributed by atoms with van der Waals surface area (Å²) in [5.41, 5.74) is 1.79. The summed E-state index contributed by atoms with van der Waals surface area (Å²) in [5, 5.41) is 0.410. The molecule has 0 aromatic heterocycles. The van der Waals surface area contributed by atoms with Crippen LogP contribution in [0.3, 0.4) is 0 Å². The minimum Gasteiger partial charge on any atom is -0.496 e. The number of carbonyl (C=O) groups excluding carboxylic acids is 1. The van der Waals surface area contributed by atoms with Crippen molar-refractivity contribution in [2.45, 2.75) is 30.4 Å². The molecule has 0 amide bonds. The fourth-order valence-corrected chi connectivity index (χ4v) is 5.57. The van der Waals surface area contributed by atoms with Crippen LogP contribution in [0.2, 0.25) is 0 Å². The van der Waals surface area contributed by atoms with Gasteiger partial charge in [0.1, 0.15) is 10.6 Å². The first-order valence-corrected chi connectivity index (χ1v) is 11.9. The number of sulfonamides is 1. The summed E-state index contributed by atoms with van der Waals surface area (Å²) in [6, 6.07) is 11.9. The molecule has 0 atom stereocenters. The van der Waals surface area contributed by atoms with Crippen LogP contribution in [0.1, 0.15) is 35.7 Å². The molecule has 7 nitrogen and oxygen atoms in total. The smallest absolute Gasteiger partial charge is 0.337 e. The van der Waals surface area contributed by atoms with Crippen molar-refractivity contribution in [3.8, 4) is 5.75 Å². The van der Waals surface area contributed by atoms with Crippen LogP contribution in [-0.4, -0.2) is 40.3 Å². The van der Waals surface area contributed by atoms with Gasteiger partial charge < -0.3 is 14.4 Å². The summed E-state index contributed by atoms with van der Waals surface area (Å²) in [6.45, 7) is 2.74. The molecule has 0 aliphatic carbocycles. The van der Waals surface area contributed by atoms with Crippen molar-refractivity contribution in [3.63, 3.8) is 0 Å². The number of unbranched alkanes of at least 4 members (excludes halogenated alkanes) is 1. The van der Waals surface area contributed by atoms with Gasteiger partial charge in [0.25, 0.3) is 10.0 Å². The van der Waals surface area contributed by atoms with E-state index in [-0.39, 0.29) is 4.90 Å². The van der Waals surface area contributed by atoms with Gasteiger partial charge in [0.05, 0.1) is 25.5 Å². The van der Waals surface area contributed by atoms with Gasteiger partial charge in [-0.1, -0.05) is 37.2 Å². The zero-order valence-corrected chi connectivity index (χ0v) is 18.8. The Morgan fingerprint density at radius 3 is 2.63 bits per heavy atom. The third-order valence-corrected chi connectivity index (χ3v) is 7.11. The van der Waals surface area contributed by atoms with Crippen LogP contribution in [0.25, 0.3) is 0 Å². The zero-order chi connectivity index (χ0) is 21.7. The van der Waals surface area contributed by atoms with E-state index < -0.39 is 16.0 Å². The fourth-order valence-electron chi connectivity index (χ4n) is 3.12. The average Bonchev–Trinajstić information content (AvgIpc) is 2.76. The Morgan fingerprint density at radius 2 is 1.93 bits per heavy atom. The number of rotatable bonds is 7. The van der Waals surface area contributed by atoms with Crippen molar-refractivity contribution >= 4 is 38.6 Å². The summed E-state index contributed by atoms with van der Waals surface area (Å²) < 4.78 is 39.7. The molecule has 0 fully saturated rings. The number of anilines is 1. The molecule has 1 aliphatic rings. The van der Waals surface area contributed by atoms with Crippen LogP contribution in [0.15, 0.2) is 51.8 Å². The Labute approximate surface area is 181 Å². The summed E-state index contributed by atoms with van der Waals surface area (Å²) in [6.07, 6.45) is 1.87. The highest BCUT2D eigenvalue weighted by Crippen LogP contribution is 2.36. The predicted octanol–water partition coefficient (Wildman–Crippen LogP) is 4.08. The van der Waals surface area contributed by atoms with Gasteiger partial charge in [-0.05, 0) is 36.8 Å². The van der Waals surface area contributed by atoms with Crippen molar-refractivity contribution in [2.75, 3.05) is 25.7 Å². The van der Waals surface area contributed by atoms with E-state index in [1.54, 1.807) is 43.5 Å². The van der Waals surface area contributed by atoms with Gasteiger partial charge in [0, 0.05) is 17.9 Å². The number of nitrogens with zero attached hydrogens (tertiary/aromatic N) is 2. The Morgan fingerprint density at radius 1 is 1.17 bits per heavy atom. The number of hydrogen-bond acceptors (Lipinski definition) is 7. The summed E-state index contributed by atoms with van der Waals surface area (Å²) in [5.74, 6) is 0.544. The number of amidine groups is 1. The molecule has 1 heterocycles. The molecule has 160 valence electrons. The number of carbonyl (C=O) groups is 1. The fraction of sp³-hybridized carbons (Fsp3) is 0.333. The third-order valence-electron chi connectivity index (χ3n) is 4.66. The summed E-state index contributed by atoms with van der Waals surface area (Å²) in [7, 11) is -0.900. The van der Waals surface area contributed by atoms with Gasteiger partial charge >= 0.3 is 5.97 Å². The number of thioether (sulfide) groups is 1. The molecular formula is C21H24N2O5S2. The maximum Gasteiger partial charge on any atom is 0.337 e. The molecule has 0 radical (unpaired) electrons. The van der Waals surface area contributed by atoms with Crippen molar-refractivity contribution in [2.24, 2.45) is 4.40 Å². The van der Waals surface area contributed by atoms with Crippen LogP contribution >= 0.6 is 11.8 Å². The zero-order valence-electron chi connectivity index (χ0n) is 17.1. The second kappa shape index (κ2) is 9.53. The van der Waals surface area contributed by atoms with Crippen molar-refractivity contribution < 1.29 is 22.7 Å². The normalized spacial score (nSPS) is 14.6. The number of para-hydroxylation sites is 1. The second-order valence-electron chi connectivity index (χ2n) is 6.63. The molecule has 3 rings (SSSR count). The van der Waals surface area contributed by atoms with Crippen molar-refractivity contribution in [1.29, 1.82) is 0 Å². The molecule has 0 spiro atoms. The molecule has 1 aliphatic heterocycles. The molecule has 2 aromatic carbocycles. The van der Waals surface area contributed by atoms with Crippen LogP contribution in [0.5, 0.6) is 5.75 Å². The van der Waals surface area contributed by atoms with E-state index in [0.717, 1.165) is 18.4 Å². The lowest BCUT2D eigenvalue weighted by Gasteiger charge is -2.30. The number of benzene rings is 2. The van der Waals surface area contributed by atoms with Crippen LogP contribution in [-0.2, 0) is 20.5 Å². The van der Waals surface area contributed by atoms with Gasteiger partial charge in [0.2, 0.25) is 0 Å². The summed E-state index contributed by atoms with van der Waals surface area (Å²) >= 11 is 1.30. The highest BCUT2D eigenvalue weighted by atomic mass is 32.2. The largest absolute Gasteiger partial charge is 0.496 e. The SMILES string of the molecule is CCCCN1C(SCc2cc(C(=O)OC)ccc2OC)=NS(=O)(=O)c2ccccc21. The Hall–Kier alpha value is -2.52. The average molecular weight is 449 g/mol. The molecule has 0 bridgehead atoms. The van der Waals surface area contributed by atoms with Crippen LogP contribution in [0, 0.1) is 0 Å². The molecule has 30 heavy (non-hydrogen) atoms. The minimum absolute atomic E-state index is 0.218. The van der Waals surface area contributed by atoms with Crippen molar-refractivity contribution in [3.05, 3.63) is 53.6 Å². The van der Waals surface area contributed by atoms with Crippen LogP contribution in [0.4, 0.5) is 5.69 Å². The van der Waals surface area contributed by atoms with E-state index in [0.29, 0.717) is 34.5 Å². The standard InChI is InChI=1S/C21H24N2O5S2/c1-4-5-12-23-17-8-6-7-9-19(17)30(25,26)22-21(23)29-14-16-13-15(20(24)28-3)10-11-18(16)27-2/h6-11,13H,4-5,12,14H2,1-3H3. The number of hydrogen-bond donors (Lipinski definition) is 0. The molecule has 0 saturated heterocycles. The summed E-state index contributed by atoms with van der Waals surface area (Å²) in [4.78, 5) is 14.0. The van der Waals surface area contributed by atoms with E-state index in [4.69, 9.17) is 9.47 Å². The van der Waals surface area contributed by atoms with Gasteiger partial charge in [-0.3, -0.25) is 0 Å². The third kappa shape index (κ3) is 4.62. The van der Waals surface area contributed by atoms with Crippen molar-refractivity contribution in [1.82, 2.24) is 0 Å². The van der Waals surface area contributed by atoms with Crippen LogP contribution < -0.4 is 9.64 Å². The topological polar surface area (TPSA) is 85.3 Å². The quantitative estimate of drug-likeness (QED) is 0.590. The molecule has 0 saturated carbocycles. The molecule has 0 unspecified atom stereocenters. The van der Waals surface area contributed by atoms with Gasteiger partial charge in [-0.2, -0.15) is 8.42 Å². The van der Waals surface area contributed by atoms with Gasteiger partial charge in [0.15, 0.2) is 5.17 Å². The van der Waals surface area contributed by atoms with E-state index in [1.807, 2.05) is 11.0 Å². The predicted molar refractivity (Wildman–Crippen MR) is 119 cm³/mol. The Kier molecular flexibility index (Phi) is 7.04. The maximum absolute atomic E-state index is 12.7. The molecule has 2 aromatic rings. The molecule has 0 N–H and O–H groups in total. The van der Waals surface area contributed by atoms with E-state index in [1.165, 1.54) is 18.9 Å². The Balaban J connectivity index is 1.93. The highest BCUT2D eigenvalue weighted by molar-refractivity contribution is 8.14. The first kappa shape index (κ1) is 22.2. The monoisotopic (exact) mass is 448 g/mol. The first-order valence-electron chi connectivity index (χ1n) is 9.50. The van der Waals surface area contributed by atoms with E-state index in [9.17, 15) is 13.2 Å². The molecule has 9 heteroatoms. The second-order valence-corrected chi connectivity index (χ2v) is 9.14. The first-order chi connectivity index (χ1) is 14.4. The lowest BCUT2D eigenvalue weighted by atomic mass is 10.1. The molecular weight excluding hydrogens is 424 g/mol. The van der Waals surface area contributed by atoms with E-state index >= 15 is 0 Å². The Bertz CT molecular complexity index is 1070. The number of ether oxygens (including phenoxy) is 2.